The van der Waals surface area contributed by atoms with Gasteiger partial charge >= 0.3 is 0 Å². The minimum atomic E-state index is 0.142. The van der Waals surface area contributed by atoms with Gasteiger partial charge in [0.05, 0.1) is 0 Å². The Kier molecular flexibility index (Phi) is 4.46. The largest absolute Gasteiger partial charge is 0.371 e. The molecule has 1 fully saturated rings. The zero-order chi connectivity index (χ0) is 13.1. The smallest absolute Gasteiger partial charge is 0.0485 e. The zero-order valence-corrected chi connectivity index (χ0v) is 11.9. The van der Waals surface area contributed by atoms with Crippen molar-refractivity contribution in [3.63, 3.8) is 0 Å². The maximum Gasteiger partial charge on any atom is 0.0485 e. The number of nitrogens with zero attached hydrogens (tertiary/aromatic N) is 1. The van der Waals surface area contributed by atoms with Crippen molar-refractivity contribution in [2.24, 2.45) is 11.3 Å². The van der Waals surface area contributed by atoms with Gasteiger partial charge in [-0.2, -0.15) is 0 Å². The molecule has 1 aliphatic heterocycles. The van der Waals surface area contributed by atoms with Gasteiger partial charge in [-0.15, -0.1) is 6.42 Å². The van der Waals surface area contributed by atoms with Crippen LogP contribution >= 0.6 is 0 Å². The van der Waals surface area contributed by atoms with Crippen molar-refractivity contribution in [3.8, 4) is 12.3 Å². The first-order chi connectivity index (χ1) is 7.90. The lowest BCUT2D eigenvalue weighted by molar-refractivity contribution is 0.386. The van der Waals surface area contributed by atoms with Crippen LogP contribution in [-0.4, -0.2) is 18.0 Å². The molecule has 0 radical (unpaired) electrons. The van der Waals surface area contributed by atoms with Crippen LogP contribution in [0.15, 0.2) is 23.4 Å². The molecule has 1 rings (SSSR count). The molecule has 1 unspecified atom stereocenters. The molecule has 1 nitrogen and oxygen atoms in total. The van der Waals surface area contributed by atoms with Gasteiger partial charge in [-0.25, -0.2) is 0 Å². The Hall–Kier alpha value is -1.16. The quantitative estimate of drug-likeness (QED) is 0.515. The molecule has 0 bridgehead atoms. The fourth-order valence-electron chi connectivity index (χ4n) is 2.54. The number of hydrogen-bond donors (Lipinski definition) is 0. The van der Waals surface area contributed by atoms with E-state index in [0.29, 0.717) is 0 Å². The Labute approximate surface area is 107 Å². The number of rotatable bonds is 2. The lowest BCUT2D eigenvalue weighted by Crippen LogP contribution is -2.25. The summed E-state index contributed by atoms with van der Waals surface area (Å²) < 4.78 is 0. The summed E-state index contributed by atoms with van der Waals surface area (Å²) in [6.45, 7) is 13.4. The zero-order valence-electron chi connectivity index (χ0n) is 11.9. The van der Waals surface area contributed by atoms with Crippen LogP contribution in [0.2, 0.25) is 0 Å². The van der Waals surface area contributed by atoms with Crippen molar-refractivity contribution >= 4 is 0 Å². The van der Waals surface area contributed by atoms with Gasteiger partial charge in [0.15, 0.2) is 0 Å². The van der Waals surface area contributed by atoms with Crippen LogP contribution in [-0.2, 0) is 0 Å². The molecule has 1 atom stereocenters. The van der Waals surface area contributed by atoms with Gasteiger partial charge in [0.2, 0.25) is 0 Å². The first-order valence-corrected chi connectivity index (χ1v) is 6.48. The third-order valence-electron chi connectivity index (χ3n) is 3.36. The molecule has 1 heterocycles. The molecule has 0 aromatic heterocycles. The predicted molar refractivity (Wildman–Crippen MR) is 75.5 cm³/mol. The molecule has 0 saturated carbocycles. The summed E-state index contributed by atoms with van der Waals surface area (Å²) in [5.41, 5.74) is 2.74. The van der Waals surface area contributed by atoms with E-state index in [1.54, 1.807) is 0 Å². The van der Waals surface area contributed by atoms with E-state index in [2.05, 4.69) is 51.5 Å². The van der Waals surface area contributed by atoms with Gasteiger partial charge in [-0.3, -0.25) is 0 Å². The van der Waals surface area contributed by atoms with Gasteiger partial charge < -0.3 is 4.90 Å². The lowest BCUT2D eigenvalue weighted by Gasteiger charge is -2.31. The number of terminal acetylenes is 1. The van der Waals surface area contributed by atoms with Crippen molar-refractivity contribution in [2.75, 3.05) is 13.1 Å². The molecule has 94 valence electrons. The second kappa shape index (κ2) is 5.45. The first kappa shape index (κ1) is 13.9. The lowest BCUT2D eigenvalue weighted by atomic mass is 9.83. The SMILES string of the molecule is C#C/C=C(\C(=C/C)C(C)(C)C)N1CCC(C)C1. The van der Waals surface area contributed by atoms with E-state index in [1.807, 2.05) is 6.08 Å². The summed E-state index contributed by atoms with van der Waals surface area (Å²) in [5.74, 6) is 3.47. The van der Waals surface area contributed by atoms with Gasteiger partial charge in [0.1, 0.15) is 0 Å². The van der Waals surface area contributed by atoms with Crippen molar-refractivity contribution < 1.29 is 0 Å². The maximum absolute atomic E-state index is 5.49. The molecule has 17 heavy (non-hydrogen) atoms. The summed E-state index contributed by atoms with van der Waals surface area (Å²) in [6.07, 6.45) is 10.9. The minimum absolute atomic E-state index is 0.142. The van der Waals surface area contributed by atoms with E-state index < -0.39 is 0 Å². The van der Waals surface area contributed by atoms with E-state index in [-0.39, 0.29) is 5.41 Å². The molecule has 0 N–H and O–H groups in total. The predicted octanol–water partition coefficient (Wildman–Crippen LogP) is 3.84. The normalized spacial score (nSPS) is 22.8. The maximum atomic E-state index is 5.49. The number of allylic oxidation sites excluding steroid dienone is 3. The standard InChI is InChI=1S/C16H25N/c1-7-9-15(14(8-2)16(4,5)6)17-11-10-13(3)12-17/h1,8-9,13H,10-12H2,2-6H3/b14-8+,15-9+. The van der Waals surface area contributed by atoms with Crippen molar-refractivity contribution in [2.45, 2.75) is 41.0 Å². The number of likely N-dealkylation sites (tertiary alicyclic amines) is 1. The van der Waals surface area contributed by atoms with E-state index in [4.69, 9.17) is 6.42 Å². The Morgan fingerprint density at radius 2 is 2.06 bits per heavy atom. The Balaban J connectivity index is 3.03. The van der Waals surface area contributed by atoms with Crippen LogP contribution in [0.5, 0.6) is 0 Å². The minimum Gasteiger partial charge on any atom is -0.371 e. The highest BCUT2D eigenvalue weighted by Gasteiger charge is 2.27. The van der Waals surface area contributed by atoms with Gasteiger partial charge in [-0.05, 0) is 30.3 Å². The van der Waals surface area contributed by atoms with Crippen molar-refractivity contribution in [1.29, 1.82) is 0 Å². The molecular formula is C16H25N. The van der Waals surface area contributed by atoms with Crippen molar-refractivity contribution in [1.82, 2.24) is 4.90 Å². The fraction of sp³-hybridized carbons (Fsp3) is 0.625. The molecule has 1 saturated heterocycles. The van der Waals surface area contributed by atoms with Crippen LogP contribution < -0.4 is 0 Å². The summed E-state index contributed by atoms with van der Waals surface area (Å²) in [7, 11) is 0. The van der Waals surface area contributed by atoms with Crippen LogP contribution in [0, 0.1) is 23.7 Å². The third kappa shape index (κ3) is 3.40. The van der Waals surface area contributed by atoms with Crippen molar-refractivity contribution in [3.05, 3.63) is 23.4 Å². The molecule has 1 aliphatic rings. The van der Waals surface area contributed by atoms with Gasteiger partial charge in [-0.1, -0.05) is 39.7 Å². The van der Waals surface area contributed by atoms with E-state index in [0.717, 1.165) is 19.0 Å². The number of hydrogen-bond acceptors (Lipinski definition) is 1. The third-order valence-corrected chi connectivity index (χ3v) is 3.36. The second-order valence-corrected chi connectivity index (χ2v) is 5.99. The van der Waals surface area contributed by atoms with E-state index >= 15 is 0 Å². The average Bonchev–Trinajstić information content (AvgIpc) is 2.62. The van der Waals surface area contributed by atoms with Gasteiger partial charge in [0, 0.05) is 24.9 Å². The van der Waals surface area contributed by atoms with Crippen LogP contribution in [0.1, 0.15) is 41.0 Å². The van der Waals surface area contributed by atoms with E-state index in [9.17, 15) is 0 Å². The molecular weight excluding hydrogens is 206 g/mol. The monoisotopic (exact) mass is 231 g/mol. The Morgan fingerprint density at radius 1 is 1.41 bits per heavy atom. The molecule has 0 aromatic rings. The average molecular weight is 231 g/mol. The Bertz CT molecular complexity index is 360. The van der Waals surface area contributed by atoms with Gasteiger partial charge in [0.25, 0.3) is 0 Å². The molecule has 0 aliphatic carbocycles. The van der Waals surface area contributed by atoms with Crippen LogP contribution in [0.4, 0.5) is 0 Å². The highest BCUT2D eigenvalue weighted by atomic mass is 15.2. The molecule has 0 aromatic carbocycles. The first-order valence-electron chi connectivity index (χ1n) is 6.48. The molecule has 0 amide bonds. The summed E-state index contributed by atoms with van der Waals surface area (Å²) in [4.78, 5) is 2.44. The highest BCUT2D eigenvalue weighted by Crippen LogP contribution is 2.35. The Morgan fingerprint density at radius 3 is 2.41 bits per heavy atom. The summed E-state index contributed by atoms with van der Waals surface area (Å²) in [5, 5.41) is 0. The molecule has 1 heteroatoms. The molecule has 0 spiro atoms. The summed E-state index contributed by atoms with van der Waals surface area (Å²) >= 11 is 0. The van der Waals surface area contributed by atoms with Crippen LogP contribution in [0.3, 0.4) is 0 Å². The topological polar surface area (TPSA) is 3.24 Å². The summed E-state index contributed by atoms with van der Waals surface area (Å²) in [6, 6.07) is 0. The fourth-order valence-corrected chi connectivity index (χ4v) is 2.54. The van der Waals surface area contributed by atoms with Crippen LogP contribution in [0.25, 0.3) is 0 Å². The highest BCUT2D eigenvalue weighted by molar-refractivity contribution is 5.38. The second-order valence-electron chi connectivity index (χ2n) is 5.99. The van der Waals surface area contributed by atoms with E-state index in [1.165, 1.54) is 17.7 Å².